The number of hydrogen-bond donors (Lipinski definition) is 2. The third-order valence-electron chi connectivity index (χ3n) is 5.27. The van der Waals surface area contributed by atoms with E-state index in [-0.39, 0.29) is 12.5 Å². The standard InChI is InChI=1S/C21H20N4O4/c1-13-7-9-14(10-8-13)21(2)19(28)25(20(29)23-21)12-18(27)24-11-17(26)22-15-5-3-4-6-16(15)24/h3-10H,11-12H2,1-2H3,(H,22,26)(H,23,29)/t21-/m0/s1. The van der Waals surface area contributed by atoms with Crippen LogP contribution in [0.1, 0.15) is 18.1 Å². The second-order valence-electron chi connectivity index (χ2n) is 7.36. The van der Waals surface area contributed by atoms with Crippen molar-refractivity contribution in [2.75, 3.05) is 23.3 Å². The van der Waals surface area contributed by atoms with Gasteiger partial charge in [0.25, 0.3) is 5.91 Å². The molecule has 0 aliphatic carbocycles. The second-order valence-corrected chi connectivity index (χ2v) is 7.36. The van der Waals surface area contributed by atoms with Crippen molar-refractivity contribution in [1.82, 2.24) is 10.2 Å². The summed E-state index contributed by atoms with van der Waals surface area (Å²) in [6.07, 6.45) is 0. The first kappa shape index (κ1) is 18.7. The molecule has 2 aromatic carbocycles. The smallest absolute Gasteiger partial charge is 0.323 e. The van der Waals surface area contributed by atoms with Crippen LogP contribution in [0.2, 0.25) is 0 Å². The van der Waals surface area contributed by atoms with Crippen LogP contribution in [0.3, 0.4) is 0 Å². The lowest BCUT2D eigenvalue weighted by Crippen LogP contribution is -2.48. The lowest BCUT2D eigenvalue weighted by Gasteiger charge is -2.30. The Morgan fingerprint density at radius 3 is 2.48 bits per heavy atom. The third kappa shape index (κ3) is 3.12. The average Bonchev–Trinajstić information content (AvgIpc) is 2.91. The summed E-state index contributed by atoms with van der Waals surface area (Å²) in [6.45, 7) is 2.92. The van der Waals surface area contributed by atoms with E-state index >= 15 is 0 Å². The van der Waals surface area contributed by atoms with E-state index in [1.807, 2.05) is 19.1 Å². The normalized spacial score (nSPS) is 21.0. The predicted octanol–water partition coefficient (Wildman–Crippen LogP) is 1.75. The van der Waals surface area contributed by atoms with Crippen LogP contribution < -0.4 is 15.5 Å². The maximum atomic E-state index is 13.0. The van der Waals surface area contributed by atoms with Crippen molar-refractivity contribution in [3.05, 3.63) is 59.7 Å². The number of carbonyl (C=O) groups is 4. The van der Waals surface area contributed by atoms with Crippen molar-refractivity contribution in [3.63, 3.8) is 0 Å². The van der Waals surface area contributed by atoms with Crippen LogP contribution in [0, 0.1) is 6.92 Å². The number of rotatable bonds is 3. The van der Waals surface area contributed by atoms with E-state index in [0.717, 1.165) is 10.5 Å². The first-order valence-corrected chi connectivity index (χ1v) is 9.20. The summed E-state index contributed by atoms with van der Waals surface area (Å²) < 4.78 is 0. The van der Waals surface area contributed by atoms with Crippen molar-refractivity contribution >= 4 is 35.1 Å². The molecule has 4 rings (SSSR count). The van der Waals surface area contributed by atoms with Gasteiger partial charge in [0.05, 0.1) is 11.4 Å². The van der Waals surface area contributed by atoms with Gasteiger partial charge in [-0.3, -0.25) is 24.2 Å². The number of anilines is 2. The highest BCUT2D eigenvalue weighted by Gasteiger charge is 2.49. The predicted molar refractivity (Wildman–Crippen MR) is 106 cm³/mol. The second kappa shape index (κ2) is 6.73. The molecule has 0 spiro atoms. The molecule has 2 aliphatic rings. The van der Waals surface area contributed by atoms with E-state index in [2.05, 4.69) is 10.6 Å². The first-order valence-electron chi connectivity index (χ1n) is 9.20. The Morgan fingerprint density at radius 1 is 1.07 bits per heavy atom. The number of imide groups is 1. The van der Waals surface area contributed by atoms with Crippen LogP contribution in [0.15, 0.2) is 48.5 Å². The van der Waals surface area contributed by atoms with E-state index in [9.17, 15) is 19.2 Å². The van der Waals surface area contributed by atoms with Gasteiger partial charge in [0.15, 0.2) is 0 Å². The largest absolute Gasteiger partial charge is 0.325 e. The summed E-state index contributed by atoms with van der Waals surface area (Å²) in [5, 5.41) is 5.39. The highest BCUT2D eigenvalue weighted by Crippen LogP contribution is 2.31. The number of carbonyl (C=O) groups excluding carboxylic acids is 4. The molecule has 0 radical (unpaired) electrons. The van der Waals surface area contributed by atoms with Gasteiger partial charge >= 0.3 is 6.03 Å². The molecule has 8 heteroatoms. The SMILES string of the molecule is Cc1ccc([C@]2(C)NC(=O)N(CC(=O)N3CC(=O)Nc4ccccc43)C2=O)cc1. The number of aryl methyl sites for hydroxylation is 1. The van der Waals surface area contributed by atoms with E-state index in [1.54, 1.807) is 43.3 Å². The molecular weight excluding hydrogens is 372 g/mol. The quantitative estimate of drug-likeness (QED) is 0.778. The third-order valence-corrected chi connectivity index (χ3v) is 5.27. The van der Waals surface area contributed by atoms with E-state index < -0.39 is 29.9 Å². The Balaban J connectivity index is 1.58. The number of amides is 5. The van der Waals surface area contributed by atoms with Gasteiger partial charge in [0.2, 0.25) is 11.8 Å². The molecule has 8 nitrogen and oxygen atoms in total. The minimum absolute atomic E-state index is 0.172. The number of fused-ring (bicyclic) bond motifs is 1. The Kier molecular flexibility index (Phi) is 4.34. The van der Waals surface area contributed by atoms with Crippen molar-refractivity contribution in [1.29, 1.82) is 0 Å². The molecule has 148 valence electrons. The number of nitrogens with one attached hydrogen (secondary N) is 2. The number of nitrogens with zero attached hydrogens (tertiary/aromatic N) is 2. The van der Waals surface area contributed by atoms with Crippen LogP contribution in [0.4, 0.5) is 16.2 Å². The summed E-state index contributed by atoms with van der Waals surface area (Å²) in [5.41, 5.74) is 1.47. The topological polar surface area (TPSA) is 98.8 Å². The molecule has 2 aliphatic heterocycles. The first-order chi connectivity index (χ1) is 13.8. The zero-order chi connectivity index (χ0) is 20.8. The Morgan fingerprint density at radius 2 is 1.76 bits per heavy atom. The fraction of sp³-hybridized carbons (Fsp3) is 0.238. The molecule has 0 saturated carbocycles. The Bertz CT molecular complexity index is 1030. The molecule has 1 saturated heterocycles. The number of benzene rings is 2. The molecule has 5 amide bonds. The number of para-hydroxylation sites is 2. The van der Waals surface area contributed by atoms with E-state index in [4.69, 9.17) is 0 Å². The fourth-order valence-corrected chi connectivity index (χ4v) is 3.60. The van der Waals surface area contributed by atoms with Crippen molar-refractivity contribution in [2.24, 2.45) is 0 Å². The van der Waals surface area contributed by atoms with Crippen LogP contribution in [0.25, 0.3) is 0 Å². The summed E-state index contributed by atoms with van der Waals surface area (Å²) in [5.74, 6) is -1.35. The van der Waals surface area contributed by atoms with Gasteiger partial charge in [-0.05, 0) is 31.5 Å². The lowest BCUT2D eigenvalue weighted by molar-refractivity contribution is -0.134. The van der Waals surface area contributed by atoms with E-state index in [0.29, 0.717) is 16.9 Å². The Hall–Kier alpha value is -3.68. The minimum atomic E-state index is -1.25. The molecule has 0 bridgehead atoms. The maximum Gasteiger partial charge on any atom is 0.325 e. The van der Waals surface area contributed by atoms with Crippen LogP contribution in [-0.2, 0) is 19.9 Å². The van der Waals surface area contributed by atoms with Gasteiger partial charge < -0.3 is 10.6 Å². The van der Waals surface area contributed by atoms with Gasteiger partial charge in [-0.1, -0.05) is 42.0 Å². The average molecular weight is 392 g/mol. The van der Waals surface area contributed by atoms with Gasteiger partial charge in [-0.15, -0.1) is 0 Å². The summed E-state index contributed by atoms with van der Waals surface area (Å²) in [4.78, 5) is 52.6. The zero-order valence-electron chi connectivity index (χ0n) is 16.1. The van der Waals surface area contributed by atoms with Crippen molar-refractivity contribution in [3.8, 4) is 0 Å². The number of urea groups is 1. The van der Waals surface area contributed by atoms with Crippen LogP contribution in [-0.4, -0.2) is 41.7 Å². The van der Waals surface area contributed by atoms with Gasteiger partial charge in [-0.2, -0.15) is 0 Å². The molecule has 1 atom stereocenters. The molecule has 0 unspecified atom stereocenters. The summed E-state index contributed by atoms with van der Waals surface area (Å²) in [7, 11) is 0. The minimum Gasteiger partial charge on any atom is -0.323 e. The summed E-state index contributed by atoms with van der Waals surface area (Å²) >= 11 is 0. The highest BCUT2D eigenvalue weighted by molar-refractivity contribution is 6.14. The molecule has 29 heavy (non-hydrogen) atoms. The fourth-order valence-electron chi connectivity index (χ4n) is 3.60. The van der Waals surface area contributed by atoms with E-state index in [1.165, 1.54) is 4.90 Å². The molecule has 2 aromatic rings. The van der Waals surface area contributed by atoms with Gasteiger partial charge in [-0.25, -0.2) is 4.79 Å². The van der Waals surface area contributed by atoms with Crippen molar-refractivity contribution in [2.45, 2.75) is 19.4 Å². The zero-order valence-corrected chi connectivity index (χ0v) is 16.1. The number of hydrogen-bond acceptors (Lipinski definition) is 4. The molecule has 0 aromatic heterocycles. The lowest BCUT2D eigenvalue weighted by atomic mass is 9.91. The molecule has 1 fully saturated rings. The Labute approximate surface area is 167 Å². The molecule has 2 heterocycles. The molecular formula is C21H20N4O4. The highest BCUT2D eigenvalue weighted by atomic mass is 16.2. The van der Waals surface area contributed by atoms with Gasteiger partial charge in [0.1, 0.15) is 18.6 Å². The maximum absolute atomic E-state index is 13.0. The van der Waals surface area contributed by atoms with Crippen LogP contribution >= 0.6 is 0 Å². The van der Waals surface area contributed by atoms with Crippen LogP contribution in [0.5, 0.6) is 0 Å². The monoisotopic (exact) mass is 392 g/mol. The molecule has 2 N–H and O–H groups in total. The van der Waals surface area contributed by atoms with Crippen molar-refractivity contribution < 1.29 is 19.2 Å². The van der Waals surface area contributed by atoms with Gasteiger partial charge in [0, 0.05) is 0 Å². The summed E-state index contributed by atoms with van der Waals surface area (Å²) in [6, 6.07) is 13.5.